The Morgan fingerprint density at radius 1 is 1.35 bits per heavy atom. The van der Waals surface area contributed by atoms with Crippen LogP contribution < -0.4 is 0 Å². The Morgan fingerprint density at radius 3 is 2.91 bits per heavy atom. The van der Waals surface area contributed by atoms with Gasteiger partial charge in [-0.25, -0.2) is 4.98 Å². The zero-order valence-corrected chi connectivity index (χ0v) is 14.3. The summed E-state index contributed by atoms with van der Waals surface area (Å²) < 4.78 is 1.83. The van der Waals surface area contributed by atoms with Gasteiger partial charge in [0.25, 0.3) is 0 Å². The van der Waals surface area contributed by atoms with Crippen molar-refractivity contribution < 1.29 is 4.79 Å². The van der Waals surface area contributed by atoms with Gasteiger partial charge in [0.2, 0.25) is 5.91 Å². The quantitative estimate of drug-likeness (QED) is 0.853. The molecule has 0 radical (unpaired) electrons. The Bertz CT molecular complexity index is 724. The van der Waals surface area contributed by atoms with E-state index in [1.165, 1.54) is 5.56 Å². The number of fused-ring (bicyclic) bond motifs is 1. The number of hydrogen-bond acceptors (Lipinski definition) is 5. The molecule has 0 unspecified atom stereocenters. The van der Waals surface area contributed by atoms with E-state index in [1.54, 1.807) is 11.3 Å². The number of carbonyl (C=O) groups is 1. The van der Waals surface area contributed by atoms with E-state index in [0.717, 1.165) is 30.2 Å². The summed E-state index contributed by atoms with van der Waals surface area (Å²) in [5.41, 5.74) is 2.24. The van der Waals surface area contributed by atoms with Crippen molar-refractivity contribution in [2.45, 2.75) is 44.9 Å². The Labute approximate surface area is 139 Å². The van der Waals surface area contributed by atoms with E-state index in [4.69, 9.17) is 0 Å². The molecular formula is C16H21N5OS. The van der Waals surface area contributed by atoms with Crippen molar-refractivity contribution in [2.75, 3.05) is 6.54 Å². The summed E-state index contributed by atoms with van der Waals surface area (Å²) in [4.78, 5) is 21.5. The second-order valence-electron chi connectivity index (χ2n) is 6.50. The molecule has 0 N–H and O–H groups in total. The first-order chi connectivity index (χ1) is 11.1. The third-order valence-electron chi connectivity index (χ3n) is 4.87. The number of likely N-dealkylation sites (tertiary alicyclic amines) is 2. The minimum Gasteiger partial charge on any atom is -0.332 e. The fraction of sp³-hybridized carbons (Fsp3) is 0.562. The van der Waals surface area contributed by atoms with Crippen LogP contribution in [0.4, 0.5) is 0 Å². The van der Waals surface area contributed by atoms with Gasteiger partial charge in [0, 0.05) is 55.8 Å². The van der Waals surface area contributed by atoms with Crippen molar-refractivity contribution >= 4 is 17.2 Å². The van der Waals surface area contributed by atoms with Gasteiger partial charge in [0.15, 0.2) is 0 Å². The highest BCUT2D eigenvalue weighted by atomic mass is 32.1. The number of thiazole rings is 1. The monoisotopic (exact) mass is 331 g/mol. The SMILES string of the molecule is Cc1nc(CN2C(=O)C[C@@H]3[C@@H]2CCN3Cc2cnn(C)c2)cs1. The smallest absolute Gasteiger partial charge is 0.224 e. The minimum absolute atomic E-state index is 0.265. The van der Waals surface area contributed by atoms with E-state index in [-0.39, 0.29) is 5.91 Å². The van der Waals surface area contributed by atoms with Crippen LogP contribution in [0.15, 0.2) is 17.8 Å². The highest BCUT2D eigenvalue weighted by Gasteiger charge is 2.46. The molecule has 2 aromatic heterocycles. The molecule has 122 valence electrons. The number of amides is 1. The molecule has 0 aliphatic carbocycles. The lowest BCUT2D eigenvalue weighted by Crippen LogP contribution is -2.36. The molecule has 23 heavy (non-hydrogen) atoms. The molecule has 2 fully saturated rings. The Morgan fingerprint density at radius 2 is 2.22 bits per heavy atom. The molecule has 0 spiro atoms. The molecule has 6 nitrogen and oxygen atoms in total. The van der Waals surface area contributed by atoms with Gasteiger partial charge in [-0.2, -0.15) is 5.10 Å². The van der Waals surface area contributed by atoms with Crippen LogP contribution in [0.3, 0.4) is 0 Å². The maximum atomic E-state index is 12.5. The minimum atomic E-state index is 0.265. The molecule has 2 aliphatic rings. The molecule has 0 bridgehead atoms. The number of rotatable bonds is 4. The lowest BCUT2D eigenvalue weighted by atomic mass is 10.1. The predicted molar refractivity (Wildman–Crippen MR) is 87.8 cm³/mol. The van der Waals surface area contributed by atoms with Gasteiger partial charge in [0.1, 0.15) is 0 Å². The molecular weight excluding hydrogens is 310 g/mol. The third-order valence-corrected chi connectivity index (χ3v) is 5.69. The first-order valence-corrected chi connectivity index (χ1v) is 8.90. The Hall–Kier alpha value is -1.73. The zero-order chi connectivity index (χ0) is 16.0. The summed E-state index contributed by atoms with van der Waals surface area (Å²) >= 11 is 1.65. The van der Waals surface area contributed by atoms with Crippen LogP contribution in [0, 0.1) is 6.92 Å². The zero-order valence-electron chi connectivity index (χ0n) is 13.5. The van der Waals surface area contributed by atoms with E-state index in [2.05, 4.69) is 26.6 Å². The van der Waals surface area contributed by atoms with Gasteiger partial charge >= 0.3 is 0 Å². The van der Waals surface area contributed by atoms with Crippen LogP contribution in [0.1, 0.15) is 29.1 Å². The van der Waals surface area contributed by atoms with E-state index in [1.807, 2.05) is 29.7 Å². The van der Waals surface area contributed by atoms with Gasteiger partial charge in [0.05, 0.1) is 23.4 Å². The number of aromatic nitrogens is 3. The second-order valence-corrected chi connectivity index (χ2v) is 7.56. The lowest BCUT2D eigenvalue weighted by Gasteiger charge is -2.24. The number of aryl methyl sites for hydroxylation is 2. The predicted octanol–water partition coefficient (Wildman–Crippen LogP) is 1.56. The summed E-state index contributed by atoms with van der Waals surface area (Å²) in [7, 11) is 1.94. The summed E-state index contributed by atoms with van der Waals surface area (Å²) in [5, 5.41) is 7.37. The molecule has 2 aromatic rings. The van der Waals surface area contributed by atoms with Crippen LogP contribution >= 0.6 is 11.3 Å². The maximum Gasteiger partial charge on any atom is 0.224 e. The molecule has 0 aromatic carbocycles. The largest absolute Gasteiger partial charge is 0.332 e. The highest BCUT2D eigenvalue weighted by molar-refractivity contribution is 7.09. The van der Waals surface area contributed by atoms with Gasteiger partial charge in [-0.05, 0) is 13.3 Å². The van der Waals surface area contributed by atoms with E-state index in [0.29, 0.717) is 25.0 Å². The fourth-order valence-electron chi connectivity index (χ4n) is 3.85. The van der Waals surface area contributed by atoms with E-state index < -0.39 is 0 Å². The number of nitrogens with zero attached hydrogens (tertiary/aromatic N) is 5. The molecule has 2 atom stereocenters. The Kier molecular flexibility index (Phi) is 3.69. The molecule has 0 saturated carbocycles. The second kappa shape index (κ2) is 5.72. The van der Waals surface area contributed by atoms with Gasteiger partial charge in [-0.3, -0.25) is 14.4 Å². The van der Waals surface area contributed by atoms with E-state index in [9.17, 15) is 4.79 Å². The summed E-state index contributed by atoms with van der Waals surface area (Å²) in [6.07, 6.45) is 5.66. The van der Waals surface area contributed by atoms with Crippen LogP contribution in [0.2, 0.25) is 0 Å². The van der Waals surface area contributed by atoms with E-state index >= 15 is 0 Å². The molecule has 4 heterocycles. The number of hydrogen-bond donors (Lipinski definition) is 0. The van der Waals surface area contributed by atoms with Crippen molar-refractivity contribution in [1.29, 1.82) is 0 Å². The first kappa shape index (κ1) is 14.8. The summed E-state index contributed by atoms with van der Waals surface area (Å²) in [6.45, 7) is 4.59. The van der Waals surface area contributed by atoms with Crippen LogP contribution in [0.25, 0.3) is 0 Å². The summed E-state index contributed by atoms with van der Waals surface area (Å²) in [6, 6.07) is 0.670. The molecule has 1 amide bonds. The highest BCUT2D eigenvalue weighted by Crippen LogP contribution is 2.34. The number of carbonyl (C=O) groups excluding carboxylic acids is 1. The topological polar surface area (TPSA) is 54.3 Å². The average Bonchev–Trinajstić information content (AvgIpc) is 3.24. The normalized spacial score (nSPS) is 24.6. The van der Waals surface area contributed by atoms with Gasteiger partial charge in [-0.1, -0.05) is 0 Å². The van der Waals surface area contributed by atoms with Crippen LogP contribution in [0.5, 0.6) is 0 Å². The third kappa shape index (κ3) is 2.79. The van der Waals surface area contributed by atoms with Crippen LogP contribution in [-0.4, -0.2) is 49.1 Å². The molecule has 4 rings (SSSR count). The van der Waals surface area contributed by atoms with Crippen molar-refractivity contribution in [3.8, 4) is 0 Å². The van der Waals surface area contributed by atoms with Gasteiger partial charge in [-0.15, -0.1) is 11.3 Å². The molecule has 2 aliphatic heterocycles. The van der Waals surface area contributed by atoms with Crippen molar-refractivity contribution in [1.82, 2.24) is 24.6 Å². The summed E-state index contributed by atoms with van der Waals surface area (Å²) in [5.74, 6) is 0.265. The first-order valence-electron chi connectivity index (χ1n) is 8.02. The fourth-order valence-corrected chi connectivity index (χ4v) is 4.46. The lowest BCUT2D eigenvalue weighted by molar-refractivity contribution is -0.129. The molecule has 2 saturated heterocycles. The van der Waals surface area contributed by atoms with Crippen molar-refractivity contribution in [3.05, 3.63) is 34.0 Å². The maximum absolute atomic E-state index is 12.5. The van der Waals surface area contributed by atoms with Crippen LogP contribution in [-0.2, 0) is 24.9 Å². The van der Waals surface area contributed by atoms with Crippen molar-refractivity contribution in [3.63, 3.8) is 0 Å². The standard InChI is InChI=1S/C16H21N5OS/c1-11-18-13(10-23-11)9-21-14-3-4-20(15(14)5-16(21)22)8-12-6-17-19(2)7-12/h6-7,10,14-15H,3-5,8-9H2,1-2H3/t14-,15+/m0/s1. The average molecular weight is 331 g/mol. The van der Waals surface area contributed by atoms with Gasteiger partial charge < -0.3 is 4.90 Å². The molecule has 7 heteroatoms. The Balaban J connectivity index is 1.46. The van der Waals surface area contributed by atoms with Crippen molar-refractivity contribution in [2.24, 2.45) is 7.05 Å².